The molecule has 1 aromatic carbocycles. The van der Waals surface area contributed by atoms with Crippen molar-refractivity contribution < 1.29 is 23.4 Å². The smallest absolute Gasteiger partial charge is 0.387 e. The summed E-state index contributed by atoms with van der Waals surface area (Å²) < 4.78 is 28.2. The van der Waals surface area contributed by atoms with Crippen molar-refractivity contribution in [3.8, 4) is 11.8 Å². The number of nitrogens with two attached hydrogens (primary N) is 1. The van der Waals surface area contributed by atoms with Gasteiger partial charge < -0.3 is 15.6 Å². The molecule has 7 heteroatoms. The molecule has 0 unspecified atom stereocenters. The molecule has 0 amide bonds. The lowest BCUT2D eigenvalue weighted by atomic mass is 10.0. The molecule has 90 valence electrons. The van der Waals surface area contributed by atoms with E-state index in [9.17, 15) is 13.6 Å². The molecule has 0 radical (unpaired) electrons. The van der Waals surface area contributed by atoms with Crippen LogP contribution in [0.3, 0.4) is 0 Å². The summed E-state index contributed by atoms with van der Waals surface area (Å²) in [4.78, 5) is 11.0. The molecule has 0 fully saturated rings. The topological polar surface area (TPSA) is 96.3 Å². The predicted molar refractivity (Wildman–Crippen MR) is 52.6 cm³/mol. The standard InChI is InChI=1S/C10H8F2N2O3/c11-10(12)17-7-2-1-5(3-13)6(4-14)8(7)9(15)16/h1-2,10H,4,14H2,(H,15,16). The lowest BCUT2D eigenvalue weighted by Crippen LogP contribution is -2.13. The van der Waals surface area contributed by atoms with Gasteiger partial charge >= 0.3 is 12.6 Å². The molecule has 1 rings (SSSR count). The Morgan fingerprint density at radius 2 is 2.24 bits per heavy atom. The largest absolute Gasteiger partial charge is 0.478 e. The summed E-state index contributed by atoms with van der Waals surface area (Å²) in [5, 5.41) is 17.7. The van der Waals surface area contributed by atoms with Crippen molar-refractivity contribution in [1.29, 1.82) is 5.26 Å². The molecule has 0 saturated carbocycles. The number of carboxylic acid groups (broad SMARTS) is 1. The maximum absolute atomic E-state index is 12.1. The van der Waals surface area contributed by atoms with Crippen LogP contribution in [0.1, 0.15) is 21.5 Å². The Kier molecular flexibility index (Phi) is 3.96. The number of nitriles is 1. The molecule has 0 spiro atoms. The zero-order chi connectivity index (χ0) is 13.0. The van der Waals surface area contributed by atoms with E-state index in [1.54, 1.807) is 6.07 Å². The average Bonchev–Trinajstić information content (AvgIpc) is 2.26. The first kappa shape index (κ1) is 12.9. The van der Waals surface area contributed by atoms with E-state index in [0.717, 1.165) is 6.07 Å². The highest BCUT2D eigenvalue weighted by molar-refractivity contribution is 5.93. The van der Waals surface area contributed by atoms with Gasteiger partial charge in [0, 0.05) is 12.1 Å². The van der Waals surface area contributed by atoms with Gasteiger partial charge in [-0.05, 0) is 12.1 Å². The van der Waals surface area contributed by atoms with Crippen molar-refractivity contribution in [2.24, 2.45) is 5.73 Å². The van der Waals surface area contributed by atoms with Crippen LogP contribution in [0.15, 0.2) is 12.1 Å². The number of hydrogen-bond acceptors (Lipinski definition) is 4. The SMILES string of the molecule is N#Cc1ccc(OC(F)F)c(C(=O)O)c1CN. The third kappa shape index (κ3) is 2.68. The van der Waals surface area contributed by atoms with E-state index in [1.165, 1.54) is 6.07 Å². The van der Waals surface area contributed by atoms with Gasteiger partial charge in [0.1, 0.15) is 11.3 Å². The number of alkyl halides is 2. The lowest BCUT2D eigenvalue weighted by Gasteiger charge is -2.12. The van der Waals surface area contributed by atoms with Crippen molar-refractivity contribution in [2.45, 2.75) is 13.2 Å². The summed E-state index contributed by atoms with van der Waals surface area (Å²) in [6.07, 6.45) is 0. The second kappa shape index (κ2) is 5.23. The molecule has 0 atom stereocenters. The molecule has 5 nitrogen and oxygen atoms in total. The zero-order valence-corrected chi connectivity index (χ0v) is 8.48. The summed E-state index contributed by atoms with van der Waals surface area (Å²) in [6, 6.07) is 3.93. The van der Waals surface area contributed by atoms with Crippen LogP contribution in [-0.2, 0) is 6.54 Å². The molecule has 3 N–H and O–H groups in total. The van der Waals surface area contributed by atoms with E-state index in [1.807, 2.05) is 0 Å². The van der Waals surface area contributed by atoms with E-state index in [4.69, 9.17) is 16.1 Å². The van der Waals surface area contributed by atoms with Crippen LogP contribution >= 0.6 is 0 Å². The van der Waals surface area contributed by atoms with Gasteiger partial charge in [0.05, 0.1) is 11.6 Å². The van der Waals surface area contributed by atoms with Crippen LogP contribution in [0.25, 0.3) is 0 Å². The van der Waals surface area contributed by atoms with Gasteiger partial charge in [0.2, 0.25) is 0 Å². The molecular formula is C10H8F2N2O3. The number of ether oxygens (including phenoxy) is 1. The second-order valence-corrected chi connectivity index (χ2v) is 2.96. The molecular weight excluding hydrogens is 234 g/mol. The highest BCUT2D eigenvalue weighted by Gasteiger charge is 2.21. The molecule has 0 aromatic heterocycles. The number of hydrogen-bond donors (Lipinski definition) is 2. The number of rotatable bonds is 4. The van der Waals surface area contributed by atoms with Gasteiger partial charge in [-0.2, -0.15) is 14.0 Å². The lowest BCUT2D eigenvalue weighted by molar-refractivity contribution is -0.0503. The fourth-order valence-electron chi connectivity index (χ4n) is 1.37. The summed E-state index contributed by atoms with van der Waals surface area (Å²) in [5.74, 6) is -1.98. The fraction of sp³-hybridized carbons (Fsp3) is 0.200. The maximum Gasteiger partial charge on any atom is 0.387 e. The third-order valence-corrected chi connectivity index (χ3v) is 2.03. The molecule has 0 heterocycles. The number of benzene rings is 1. The number of halogens is 2. The Hall–Kier alpha value is -2.20. The molecule has 0 aliphatic heterocycles. The number of carbonyl (C=O) groups is 1. The average molecular weight is 242 g/mol. The summed E-state index contributed by atoms with van der Waals surface area (Å²) in [5.41, 5.74) is 4.79. The van der Waals surface area contributed by atoms with Crippen LogP contribution < -0.4 is 10.5 Å². The van der Waals surface area contributed by atoms with Crippen molar-refractivity contribution >= 4 is 5.97 Å². The molecule has 0 bridgehead atoms. The van der Waals surface area contributed by atoms with Gasteiger partial charge in [0.15, 0.2) is 0 Å². The Bertz CT molecular complexity index is 483. The van der Waals surface area contributed by atoms with E-state index >= 15 is 0 Å². The predicted octanol–water partition coefficient (Wildman–Crippen LogP) is 1.32. The molecule has 0 saturated heterocycles. The minimum Gasteiger partial charge on any atom is -0.478 e. The van der Waals surface area contributed by atoms with Crippen molar-refractivity contribution in [2.75, 3.05) is 0 Å². The van der Waals surface area contributed by atoms with Gasteiger partial charge in [-0.3, -0.25) is 0 Å². The van der Waals surface area contributed by atoms with Crippen molar-refractivity contribution in [3.05, 3.63) is 28.8 Å². The monoisotopic (exact) mass is 242 g/mol. The zero-order valence-electron chi connectivity index (χ0n) is 8.48. The highest BCUT2D eigenvalue weighted by atomic mass is 19.3. The first-order valence-corrected chi connectivity index (χ1v) is 4.45. The summed E-state index contributed by atoms with van der Waals surface area (Å²) in [7, 11) is 0. The van der Waals surface area contributed by atoms with Gasteiger partial charge in [-0.15, -0.1) is 0 Å². The summed E-state index contributed by atoms with van der Waals surface area (Å²) >= 11 is 0. The minimum atomic E-state index is -3.15. The quantitative estimate of drug-likeness (QED) is 0.829. The van der Waals surface area contributed by atoms with Gasteiger partial charge in [-0.1, -0.05) is 0 Å². The van der Waals surface area contributed by atoms with Crippen molar-refractivity contribution in [3.63, 3.8) is 0 Å². The van der Waals surface area contributed by atoms with E-state index in [0.29, 0.717) is 0 Å². The van der Waals surface area contributed by atoms with Crippen LogP contribution in [0.2, 0.25) is 0 Å². The van der Waals surface area contributed by atoms with Crippen LogP contribution in [0.4, 0.5) is 8.78 Å². The van der Waals surface area contributed by atoms with Crippen LogP contribution in [-0.4, -0.2) is 17.7 Å². The molecule has 0 aliphatic rings. The Morgan fingerprint density at radius 3 is 2.65 bits per heavy atom. The second-order valence-electron chi connectivity index (χ2n) is 2.96. The molecule has 1 aromatic rings. The van der Waals surface area contributed by atoms with E-state index < -0.39 is 23.9 Å². The minimum absolute atomic E-state index is 0.0199. The first-order valence-electron chi connectivity index (χ1n) is 4.45. The van der Waals surface area contributed by atoms with Crippen LogP contribution in [0.5, 0.6) is 5.75 Å². The number of carboxylic acids is 1. The highest BCUT2D eigenvalue weighted by Crippen LogP contribution is 2.26. The molecule has 0 aliphatic carbocycles. The molecule has 17 heavy (non-hydrogen) atoms. The number of aromatic carboxylic acids is 1. The number of nitrogens with zero attached hydrogens (tertiary/aromatic N) is 1. The fourth-order valence-corrected chi connectivity index (χ4v) is 1.37. The Labute approximate surface area is 95.0 Å². The van der Waals surface area contributed by atoms with Crippen LogP contribution in [0, 0.1) is 11.3 Å². The Balaban J connectivity index is 3.43. The summed E-state index contributed by atoms with van der Waals surface area (Å²) in [6.45, 7) is -3.41. The maximum atomic E-state index is 12.1. The first-order chi connectivity index (χ1) is 8.01. The van der Waals surface area contributed by atoms with Gasteiger partial charge in [0.25, 0.3) is 0 Å². The van der Waals surface area contributed by atoms with Crippen molar-refractivity contribution in [1.82, 2.24) is 0 Å². The normalized spacial score (nSPS) is 10.1. The van der Waals surface area contributed by atoms with Gasteiger partial charge in [-0.25, -0.2) is 4.79 Å². The Morgan fingerprint density at radius 1 is 1.59 bits per heavy atom. The van der Waals surface area contributed by atoms with E-state index in [-0.39, 0.29) is 17.7 Å². The third-order valence-electron chi connectivity index (χ3n) is 2.03. The van der Waals surface area contributed by atoms with E-state index in [2.05, 4.69) is 4.74 Å².